The fourth-order valence-corrected chi connectivity index (χ4v) is 8.78. The predicted octanol–water partition coefficient (Wildman–Crippen LogP) is 14.9. The highest BCUT2D eigenvalue weighted by Gasteiger charge is 2.19. The average Bonchev–Trinajstić information content (AvgIpc) is 3.88. The van der Waals surface area contributed by atoms with Gasteiger partial charge in [0.1, 0.15) is 11.2 Å². The topological polar surface area (TPSA) is 56.7 Å². The summed E-state index contributed by atoms with van der Waals surface area (Å²) in [5, 5.41) is 4.39. The van der Waals surface area contributed by atoms with Crippen LogP contribution in [0.1, 0.15) is 0 Å². The van der Waals surface area contributed by atoms with Gasteiger partial charge in [0.05, 0.1) is 11.0 Å². The van der Waals surface area contributed by atoms with Crippen LogP contribution in [0, 0.1) is 0 Å². The first-order valence-corrected chi connectivity index (χ1v) is 20.8. The van der Waals surface area contributed by atoms with Crippen LogP contribution in [0.5, 0.6) is 0 Å². The van der Waals surface area contributed by atoms with Crippen molar-refractivity contribution in [3.8, 4) is 73.2 Å². The minimum atomic E-state index is 0.582. The van der Waals surface area contributed by atoms with E-state index >= 15 is 0 Å². The van der Waals surface area contributed by atoms with Crippen LogP contribution in [-0.4, -0.2) is 19.5 Å². The highest BCUT2D eigenvalue weighted by Crippen LogP contribution is 2.40. The second kappa shape index (κ2) is 14.7. The highest BCUT2D eigenvalue weighted by molar-refractivity contribution is 6.17. The van der Waals surface area contributed by atoms with Gasteiger partial charge >= 0.3 is 0 Å². The fourth-order valence-electron chi connectivity index (χ4n) is 8.78. The summed E-state index contributed by atoms with van der Waals surface area (Å²) in [5.74, 6) is 1.81. The maximum absolute atomic E-state index is 6.72. The summed E-state index contributed by atoms with van der Waals surface area (Å²) in [6, 6.07) is 76.4. The Morgan fingerprint density at radius 3 is 1.47 bits per heavy atom. The maximum Gasteiger partial charge on any atom is 0.164 e. The second-order valence-corrected chi connectivity index (χ2v) is 15.6. The van der Waals surface area contributed by atoms with Gasteiger partial charge in [0, 0.05) is 43.9 Å². The maximum atomic E-state index is 6.72. The lowest BCUT2D eigenvalue weighted by Gasteiger charge is -2.11. The lowest BCUT2D eigenvalue weighted by molar-refractivity contribution is 0.669. The molecule has 290 valence electrons. The molecule has 0 saturated carbocycles. The van der Waals surface area contributed by atoms with Crippen molar-refractivity contribution in [2.24, 2.45) is 0 Å². The van der Waals surface area contributed by atoms with Gasteiger partial charge in [-0.15, -0.1) is 0 Å². The molecule has 0 unspecified atom stereocenters. The molecule has 0 aliphatic rings. The Morgan fingerprint density at radius 2 is 0.758 bits per heavy atom. The van der Waals surface area contributed by atoms with Crippen molar-refractivity contribution >= 4 is 43.7 Å². The van der Waals surface area contributed by atoms with Gasteiger partial charge in [0.25, 0.3) is 0 Å². The quantitative estimate of drug-likeness (QED) is 0.161. The molecule has 0 bridgehead atoms. The van der Waals surface area contributed by atoms with Crippen molar-refractivity contribution in [1.29, 1.82) is 0 Å². The van der Waals surface area contributed by atoms with Crippen LogP contribution < -0.4 is 0 Å². The standard InChI is InChI=1S/C57H36N4O/c1-4-14-37(15-5-1)39-26-28-40(29-27-39)43-21-13-23-46(33-43)61-51-25-11-10-24-47(51)49-36-54-50(35-52(49)61)48-31-30-45(34-53(48)62-54)57-59-55(41-18-8-3-9-19-41)58-56(60-57)44-22-12-20-42(32-44)38-16-6-2-7-17-38/h1-36H. The first-order chi connectivity index (χ1) is 30.7. The monoisotopic (exact) mass is 792 g/mol. The molecule has 3 aromatic heterocycles. The van der Waals surface area contributed by atoms with Crippen LogP contribution in [0.2, 0.25) is 0 Å². The Labute approximate surface area is 357 Å². The van der Waals surface area contributed by atoms with E-state index in [0.717, 1.165) is 77.4 Å². The zero-order valence-electron chi connectivity index (χ0n) is 33.5. The van der Waals surface area contributed by atoms with E-state index in [2.05, 4.69) is 187 Å². The van der Waals surface area contributed by atoms with E-state index in [4.69, 9.17) is 19.4 Å². The molecule has 0 amide bonds. The molecular formula is C57H36N4O. The molecule has 5 heteroatoms. The summed E-state index contributed by atoms with van der Waals surface area (Å²) in [5.41, 5.74) is 14.7. The van der Waals surface area contributed by atoms with E-state index in [9.17, 15) is 0 Å². The van der Waals surface area contributed by atoms with Gasteiger partial charge in [-0.1, -0.05) is 170 Å². The molecule has 0 spiro atoms. The SMILES string of the molecule is c1ccc(-c2ccc(-c3cccc(-n4c5ccccc5c5cc6oc7cc(-c8nc(-c9ccccc9)nc(-c9cccc(-c%10ccccc%10)c9)n8)ccc7c6cc54)c3)cc2)cc1. The van der Waals surface area contributed by atoms with Crippen LogP contribution in [0.3, 0.4) is 0 Å². The van der Waals surface area contributed by atoms with Gasteiger partial charge in [-0.2, -0.15) is 0 Å². The molecule has 0 saturated heterocycles. The van der Waals surface area contributed by atoms with E-state index in [0.29, 0.717) is 17.5 Å². The van der Waals surface area contributed by atoms with Crippen molar-refractivity contribution in [3.05, 3.63) is 218 Å². The molecule has 0 aliphatic carbocycles. The van der Waals surface area contributed by atoms with Crippen LogP contribution in [0.4, 0.5) is 0 Å². The van der Waals surface area contributed by atoms with Gasteiger partial charge in [-0.3, -0.25) is 0 Å². The molecule has 0 N–H and O–H groups in total. The number of aromatic nitrogens is 4. The van der Waals surface area contributed by atoms with Crippen LogP contribution in [-0.2, 0) is 0 Å². The van der Waals surface area contributed by atoms with Crippen molar-refractivity contribution in [2.45, 2.75) is 0 Å². The van der Waals surface area contributed by atoms with Crippen LogP contribution >= 0.6 is 0 Å². The molecule has 0 aliphatic heterocycles. The smallest absolute Gasteiger partial charge is 0.164 e. The third-order valence-electron chi connectivity index (χ3n) is 11.8. The van der Waals surface area contributed by atoms with E-state index in [1.54, 1.807) is 0 Å². The van der Waals surface area contributed by atoms with Crippen LogP contribution in [0.25, 0.3) is 117 Å². The summed E-state index contributed by atoms with van der Waals surface area (Å²) >= 11 is 0. The van der Waals surface area contributed by atoms with E-state index in [1.807, 2.05) is 36.4 Å². The number of benzene rings is 9. The number of nitrogens with zero attached hydrogens (tertiary/aromatic N) is 4. The van der Waals surface area contributed by atoms with Crippen molar-refractivity contribution in [3.63, 3.8) is 0 Å². The summed E-state index contributed by atoms with van der Waals surface area (Å²) in [6.07, 6.45) is 0. The number of rotatable bonds is 7. The fraction of sp³-hybridized carbons (Fsp3) is 0. The molecule has 0 fully saturated rings. The van der Waals surface area contributed by atoms with Gasteiger partial charge in [0.15, 0.2) is 17.5 Å². The lowest BCUT2D eigenvalue weighted by atomic mass is 10.00. The Morgan fingerprint density at radius 1 is 0.274 bits per heavy atom. The van der Waals surface area contributed by atoms with Crippen molar-refractivity contribution in [1.82, 2.24) is 19.5 Å². The molecule has 12 aromatic rings. The Balaban J connectivity index is 0.966. The number of para-hydroxylation sites is 1. The average molecular weight is 793 g/mol. The Hall–Kier alpha value is -8.41. The molecule has 0 radical (unpaired) electrons. The summed E-state index contributed by atoms with van der Waals surface area (Å²) in [7, 11) is 0. The van der Waals surface area contributed by atoms with Crippen molar-refractivity contribution in [2.75, 3.05) is 0 Å². The molecule has 62 heavy (non-hydrogen) atoms. The Kier molecular flexibility index (Phi) is 8.42. The predicted molar refractivity (Wildman–Crippen MR) is 254 cm³/mol. The first kappa shape index (κ1) is 35.5. The third kappa shape index (κ3) is 6.23. The largest absolute Gasteiger partial charge is 0.456 e. The first-order valence-electron chi connectivity index (χ1n) is 20.8. The minimum Gasteiger partial charge on any atom is -0.456 e. The number of hydrogen-bond donors (Lipinski definition) is 0. The highest BCUT2D eigenvalue weighted by atomic mass is 16.3. The number of hydrogen-bond acceptors (Lipinski definition) is 4. The minimum absolute atomic E-state index is 0.582. The summed E-state index contributed by atoms with van der Waals surface area (Å²) in [6.45, 7) is 0. The normalized spacial score (nSPS) is 11.5. The van der Waals surface area contributed by atoms with E-state index in [1.165, 1.54) is 22.1 Å². The van der Waals surface area contributed by atoms with Gasteiger partial charge in [-0.25, -0.2) is 15.0 Å². The van der Waals surface area contributed by atoms with Crippen LogP contribution in [0.15, 0.2) is 223 Å². The van der Waals surface area contributed by atoms with E-state index < -0.39 is 0 Å². The summed E-state index contributed by atoms with van der Waals surface area (Å²) in [4.78, 5) is 15.1. The van der Waals surface area contributed by atoms with Gasteiger partial charge < -0.3 is 8.98 Å². The number of fused-ring (bicyclic) bond motifs is 6. The van der Waals surface area contributed by atoms with Crippen molar-refractivity contribution < 1.29 is 4.42 Å². The molecular weight excluding hydrogens is 757 g/mol. The number of furan rings is 1. The zero-order valence-corrected chi connectivity index (χ0v) is 33.5. The molecule has 3 heterocycles. The lowest BCUT2D eigenvalue weighted by Crippen LogP contribution is -2.00. The summed E-state index contributed by atoms with van der Waals surface area (Å²) < 4.78 is 9.10. The van der Waals surface area contributed by atoms with E-state index in [-0.39, 0.29) is 0 Å². The Bertz CT molecular complexity index is 3610. The molecule has 9 aromatic carbocycles. The third-order valence-corrected chi connectivity index (χ3v) is 11.8. The molecule has 12 rings (SSSR count). The molecule has 5 nitrogen and oxygen atoms in total. The second-order valence-electron chi connectivity index (χ2n) is 15.6. The van der Waals surface area contributed by atoms with Gasteiger partial charge in [-0.05, 0) is 81.9 Å². The van der Waals surface area contributed by atoms with Gasteiger partial charge in [0.2, 0.25) is 0 Å². The molecule has 0 atom stereocenters. The zero-order chi connectivity index (χ0) is 41.0.